The van der Waals surface area contributed by atoms with Gasteiger partial charge in [-0.15, -0.1) is 11.3 Å². The van der Waals surface area contributed by atoms with Gasteiger partial charge in [-0.3, -0.25) is 4.99 Å². The molecule has 1 heterocycles. The summed E-state index contributed by atoms with van der Waals surface area (Å²) in [5.74, 6) is -0.364. The van der Waals surface area contributed by atoms with Crippen molar-refractivity contribution in [3.8, 4) is 10.4 Å². The highest BCUT2D eigenvalue weighted by atomic mass is 32.1. The van der Waals surface area contributed by atoms with E-state index in [1.54, 1.807) is 18.4 Å². The van der Waals surface area contributed by atoms with Gasteiger partial charge < -0.3 is 4.90 Å². The summed E-state index contributed by atoms with van der Waals surface area (Å²) in [6, 6.07) is 21.1. The van der Waals surface area contributed by atoms with Crippen LogP contribution in [0.4, 0.5) is 21.5 Å². The second-order valence-corrected chi connectivity index (χ2v) is 13.9. The number of halogens is 1. The van der Waals surface area contributed by atoms with Gasteiger partial charge in [-0.1, -0.05) is 140 Å². The van der Waals surface area contributed by atoms with Crippen LogP contribution in [-0.2, 0) is 0 Å². The van der Waals surface area contributed by atoms with Gasteiger partial charge in [0.05, 0.1) is 16.3 Å². The Balaban J connectivity index is 0.00000262. The molecule has 0 saturated carbocycles. The monoisotopic (exact) mass is 769 g/mol. The van der Waals surface area contributed by atoms with E-state index in [-0.39, 0.29) is 17.2 Å². The van der Waals surface area contributed by atoms with E-state index >= 15 is 4.39 Å². The molecule has 2 atom stereocenters. The van der Waals surface area contributed by atoms with E-state index < -0.39 is 0 Å². The standard InChI is InChI=1S/C47H52FN3S.2C2H6/c1-10-20-36(21-11-2)47(8,31-14-5)32-19-26-42-41(50-45-40(15-6)34(7)44(48)46(45)49-9)33-43(52-42)35-27-29-39(30-28-35)51(37(22-12-3)23-13-4)38-24-17-16-18-25-38;2*1-2/h10-14,16-31,33,40H,1,3,15,32H2,2,4-9H3;2*1-2H3/b21-11-,23-13-,26-19+,31-14-,36-20+,37-22+,49-46?,50-45?;;. The number of thiophene rings is 1. The highest BCUT2D eigenvalue weighted by Crippen LogP contribution is 2.42. The number of hydrogen-bond acceptors (Lipinski definition) is 4. The van der Waals surface area contributed by atoms with Crippen LogP contribution in [0.2, 0.25) is 0 Å². The van der Waals surface area contributed by atoms with Crippen molar-refractivity contribution in [2.24, 2.45) is 21.3 Å². The highest BCUT2D eigenvalue weighted by molar-refractivity contribution is 7.17. The van der Waals surface area contributed by atoms with Gasteiger partial charge in [-0.25, -0.2) is 9.38 Å². The Hall–Kier alpha value is -5.13. The molecule has 3 nitrogen and oxygen atoms in total. The van der Waals surface area contributed by atoms with E-state index in [0.717, 1.165) is 50.9 Å². The van der Waals surface area contributed by atoms with Crippen molar-refractivity contribution >= 4 is 45.9 Å². The Morgan fingerprint density at radius 3 is 2.07 bits per heavy atom. The molecule has 1 aliphatic rings. The first-order valence-electron chi connectivity index (χ1n) is 19.9. The number of aliphatic imine (C=N–C) groups is 2. The average Bonchev–Trinajstić information content (AvgIpc) is 3.72. The van der Waals surface area contributed by atoms with E-state index in [1.807, 2.05) is 91.0 Å². The van der Waals surface area contributed by atoms with Gasteiger partial charge in [0.15, 0.2) is 0 Å². The number of hydrogen-bond donors (Lipinski definition) is 0. The molecule has 0 saturated heterocycles. The van der Waals surface area contributed by atoms with Crippen LogP contribution in [0.1, 0.15) is 87.0 Å². The van der Waals surface area contributed by atoms with E-state index in [0.29, 0.717) is 17.0 Å². The minimum atomic E-state index is -0.255. The topological polar surface area (TPSA) is 28.0 Å². The number of nitrogens with zero attached hydrogens (tertiary/aromatic N) is 3. The van der Waals surface area contributed by atoms with Gasteiger partial charge >= 0.3 is 0 Å². The van der Waals surface area contributed by atoms with Crippen molar-refractivity contribution in [1.29, 1.82) is 0 Å². The quantitative estimate of drug-likeness (QED) is 0.112. The maximum Gasteiger partial charge on any atom is 0.149 e. The first-order valence-corrected chi connectivity index (χ1v) is 20.7. The predicted molar refractivity (Wildman–Crippen MR) is 252 cm³/mol. The summed E-state index contributed by atoms with van der Waals surface area (Å²) in [4.78, 5) is 13.8. The Morgan fingerprint density at radius 1 is 0.893 bits per heavy atom. The van der Waals surface area contributed by atoms with Gasteiger partial charge in [-0.05, 0) is 106 Å². The van der Waals surface area contributed by atoms with E-state index in [1.165, 1.54) is 5.57 Å². The molecule has 0 N–H and O–H groups in total. The predicted octanol–water partition coefficient (Wildman–Crippen LogP) is 16.4. The van der Waals surface area contributed by atoms with Crippen molar-refractivity contribution in [2.75, 3.05) is 11.9 Å². The molecule has 0 fully saturated rings. The average molecular weight is 770 g/mol. The van der Waals surface area contributed by atoms with Crippen LogP contribution < -0.4 is 4.90 Å². The zero-order chi connectivity index (χ0) is 41.7. The molecule has 0 radical (unpaired) electrons. The van der Waals surface area contributed by atoms with Crippen LogP contribution in [0.3, 0.4) is 0 Å². The maximum atomic E-state index is 15.3. The molecule has 4 rings (SSSR count). The summed E-state index contributed by atoms with van der Waals surface area (Å²) in [7, 11) is 1.64. The lowest BCUT2D eigenvalue weighted by molar-refractivity contribution is 0.535. The fraction of sp³-hybridized carbons (Fsp3) is 0.294. The van der Waals surface area contributed by atoms with Gasteiger partial charge in [-0.2, -0.15) is 0 Å². The molecule has 1 aromatic heterocycles. The number of allylic oxidation sites excluding steroid dienone is 14. The number of rotatable bonds is 15. The summed E-state index contributed by atoms with van der Waals surface area (Å²) in [5.41, 5.74) is 7.69. The largest absolute Gasteiger partial charge is 0.311 e. The van der Waals surface area contributed by atoms with Gasteiger partial charge in [0.1, 0.15) is 11.5 Å². The number of benzene rings is 2. The number of anilines is 2. The molecule has 56 heavy (non-hydrogen) atoms. The third-order valence-electron chi connectivity index (χ3n) is 9.22. The zero-order valence-corrected chi connectivity index (χ0v) is 36.6. The molecule has 5 heteroatoms. The zero-order valence-electron chi connectivity index (χ0n) is 35.7. The van der Waals surface area contributed by atoms with Crippen LogP contribution in [-0.4, -0.2) is 18.5 Å². The van der Waals surface area contributed by atoms with E-state index in [9.17, 15) is 0 Å². The fourth-order valence-electron chi connectivity index (χ4n) is 6.64. The summed E-state index contributed by atoms with van der Waals surface area (Å²) in [5, 5.41) is 0. The van der Waals surface area contributed by atoms with Crippen molar-refractivity contribution in [3.63, 3.8) is 0 Å². The SMILES string of the molecule is C=C/C=C(\C=C/C)N(c1ccccc1)c1ccc(-c2cc(N=C3C(=NC)C(F)=C(C)C3CC)c(/C=C/CC(C)(/C=C\C)C(/C=C\C)=C/C=C)s2)cc1.CC.CC. The molecule has 0 aliphatic heterocycles. The summed E-state index contributed by atoms with van der Waals surface area (Å²) in [6.45, 7) is 28.2. The molecule has 0 bridgehead atoms. The highest BCUT2D eigenvalue weighted by Gasteiger charge is 2.34. The van der Waals surface area contributed by atoms with Gasteiger partial charge in [0.2, 0.25) is 0 Å². The second-order valence-electron chi connectivity index (χ2n) is 12.8. The maximum absolute atomic E-state index is 15.3. The minimum absolute atomic E-state index is 0.109. The van der Waals surface area contributed by atoms with Crippen LogP contribution in [0.25, 0.3) is 16.5 Å². The van der Waals surface area contributed by atoms with Crippen LogP contribution in [0.5, 0.6) is 0 Å². The second kappa shape index (κ2) is 24.4. The van der Waals surface area contributed by atoms with Crippen molar-refractivity contribution in [2.45, 2.75) is 82.1 Å². The molecular formula is C51H64FN3S. The van der Waals surface area contributed by atoms with Crippen molar-refractivity contribution < 1.29 is 4.39 Å². The first kappa shape index (κ1) is 47.0. The number of para-hydroxylation sites is 1. The first-order chi connectivity index (χ1) is 27.2. The molecule has 2 aromatic carbocycles. The molecule has 0 spiro atoms. The van der Waals surface area contributed by atoms with Crippen LogP contribution in [0.15, 0.2) is 173 Å². The Bertz CT molecular complexity index is 1990. The molecule has 1 aliphatic carbocycles. The minimum Gasteiger partial charge on any atom is -0.311 e. The van der Waals surface area contributed by atoms with Crippen LogP contribution >= 0.6 is 11.3 Å². The van der Waals surface area contributed by atoms with E-state index in [4.69, 9.17) is 4.99 Å². The lowest BCUT2D eigenvalue weighted by Gasteiger charge is -2.26. The molecule has 2 unspecified atom stereocenters. The molecular weight excluding hydrogens is 706 g/mol. The normalized spacial score (nSPS) is 17.5. The lowest BCUT2D eigenvalue weighted by atomic mass is 9.78. The lowest BCUT2D eigenvalue weighted by Crippen LogP contribution is -2.16. The Morgan fingerprint density at radius 2 is 1.52 bits per heavy atom. The molecule has 3 aromatic rings. The van der Waals surface area contributed by atoms with Gasteiger partial charge in [0, 0.05) is 40.3 Å². The Kier molecular flexibility index (Phi) is 20.5. The summed E-state index contributed by atoms with van der Waals surface area (Å²) in [6.07, 6.45) is 26.3. The summed E-state index contributed by atoms with van der Waals surface area (Å²) < 4.78 is 15.3. The van der Waals surface area contributed by atoms with E-state index in [2.05, 4.69) is 135 Å². The molecule has 296 valence electrons. The molecule has 0 amide bonds. The van der Waals surface area contributed by atoms with Crippen molar-refractivity contribution in [3.05, 3.63) is 168 Å². The van der Waals surface area contributed by atoms with Crippen LogP contribution in [0, 0.1) is 11.3 Å². The third-order valence-corrected chi connectivity index (χ3v) is 10.4. The smallest absolute Gasteiger partial charge is 0.149 e. The fourth-order valence-corrected chi connectivity index (χ4v) is 7.67. The summed E-state index contributed by atoms with van der Waals surface area (Å²) >= 11 is 1.69. The Labute approximate surface area is 342 Å². The van der Waals surface area contributed by atoms with Gasteiger partial charge in [0.25, 0.3) is 0 Å². The van der Waals surface area contributed by atoms with Crippen molar-refractivity contribution in [1.82, 2.24) is 0 Å². The third kappa shape index (κ3) is 11.7.